The fourth-order valence-corrected chi connectivity index (χ4v) is 1.81. The van der Waals surface area contributed by atoms with E-state index < -0.39 is 11.7 Å². The molecule has 3 nitrogen and oxygen atoms in total. The highest BCUT2D eigenvalue weighted by Gasteiger charge is 2.16. The van der Waals surface area contributed by atoms with Crippen LogP contribution in [-0.4, -0.2) is 17.0 Å². The Bertz CT molecular complexity index is 413. The van der Waals surface area contributed by atoms with E-state index in [-0.39, 0.29) is 0 Å². The molecule has 1 rings (SSSR count). The number of hydrogen-bond donors (Lipinski definition) is 1. The first-order valence-electron chi connectivity index (χ1n) is 5.98. The first kappa shape index (κ1) is 15.0. The molecule has 0 heterocycles. The number of amides is 1. The molecule has 0 saturated carbocycles. The van der Waals surface area contributed by atoms with Gasteiger partial charge in [-0.1, -0.05) is 35.0 Å². The predicted molar refractivity (Wildman–Crippen MR) is 78.5 cm³/mol. The summed E-state index contributed by atoms with van der Waals surface area (Å²) in [5, 5.41) is 3.63. The number of carbonyl (C=O) groups excluding carboxylic acids is 1. The molecular weight excluding hydrogens is 294 g/mol. The Balaban J connectivity index is 2.71. The highest BCUT2D eigenvalue weighted by molar-refractivity contribution is 9.09. The van der Waals surface area contributed by atoms with Crippen LogP contribution in [0.3, 0.4) is 0 Å². The lowest BCUT2D eigenvalue weighted by atomic mass is 10.0. The Labute approximate surface area is 117 Å². The van der Waals surface area contributed by atoms with E-state index in [1.54, 1.807) is 0 Å². The third kappa shape index (κ3) is 5.08. The van der Waals surface area contributed by atoms with E-state index in [0.717, 1.165) is 11.0 Å². The van der Waals surface area contributed by atoms with Gasteiger partial charge >= 0.3 is 6.09 Å². The van der Waals surface area contributed by atoms with Crippen LogP contribution in [0.5, 0.6) is 0 Å². The monoisotopic (exact) mass is 313 g/mol. The van der Waals surface area contributed by atoms with E-state index in [0.29, 0.717) is 5.92 Å². The SMILES string of the molecule is CC(CBr)c1cccc(NC(=O)OC(C)(C)C)c1. The zero-order valence-corrected chi connectivity index (χ0v) is 12.9. The van der Waals surface area contributed by atoms with Gasteiger partial charge in [0.1, 0.15) is 5.60 Å². The molecule has 0 aliphatic heterocycles. The number of rotatable bonds is 3. The van der Waals surface area contributed by atoms with Crippen LogP contribution in [0.25, 0.3) is 0 Å². The molecule has 1 aromatic carbocycles. The van der Waals surface area contributed by atoms with Crippen molar-refractivity contribution in [2.24, 2.45) is 0 Å². The standard InChI is InChI=1S/C14H20BrNO2/c1-10(9-15)11-6-5-7-12(8-11)16-13(17)18-14(2,3)4/h5-8,10H,9H2,1-4H3,(H,16,17). The molecule has 0 aliphatic carbocycles. The van der Waals surface area contributed by atoms with Crippen LogP contribution < -0.4 is 5.32 Å². The van der Waals surface area contributed by atoms with E-state index in [9.17, 15) is 4.79 Å². The largest absolute Gasteiger partial charge is 0.444 e. The Morgan fingerprint density at radius 3 is 2.67 bits per heavy atom. The molecule has 0 bridgehead atoms. The van der Waals surface area contributed by atoms with Gasteiger partial charge in [-0.05, 0) is 44.4 Å². The maximum absolute atomic E-state index is 11.6. The number of halogens is 1. The van der Waals surface area contributed by atoms with Crippen molar-refractivity contribution in [3.05, 3.63) is 29.8 Å². The number of nitrogens with one attached hydrogen (secondary N) is 1. The second-order valence-electron chi connectivity index (χ2n) is 5.31. The summed E-state index contributed by atoms with van der Waals surface area (Å²) in [6, 6.07) is 7.80. The van der Waals surface area contributed by atoms with Crippen molar-refractivity contribution in [2.45, 2.75) is 39.2 Å². The fraction of sp³-hybridized carbons (Fsp3) is 0.500. The van der Waals surface area contributed by atoms with E-state index in [1.165, 1.54) is 5.56 Å². The lowest BCUT2D eigenvalue weighted by molar-refractivity contribution is 0.0636. The molecular formula is C14H20BrNO2. The van der Waals surface area contributed by atoms with Crippen molar-refractivity contribution >= 4 is 27.7 Å². The maximum atomic E-state index is 11.6. The zero-order chi connectivity index (χ0) is 13.8. The summed E-state index contributed by atoms with van der Waals surface area (Å²) in [6.45, 7) is 7.66. The van der Waals surface area contributed by atoms with E-state index in [2.05, 4.69) is 28.2 Å². The van der Waals surface area contributed by atoms with Crippen molar-refractivity contribution in [1.29, 1.82) is 0 Å². The molecule has 1 amide bonds. The zero-order valence-electron chi connectivity index (χ0n) is 11.3. The Hall–Kier alpha value is -1.03. The van der Waals surface area contributed by atoms with Crippen molar-refractivity contribution in [2.75, 3.05) is 10.6 Å². The van der Waals surface area contributed by atoms with E-state index in [1.807, 2.05) is 45.0 Å². The highest BCUT2D eigenvalue weighted by atomic mass is 79.9. The quantitative estimate of drug-likeness (QED) is 0.832. The third-order valence-corrected chi connectivity index (χ3v) is 3.30. The van der Waals surface area contributed by atoms with Crippen LogP contribution in [-0.2, 0) is 4.74 Å². The van der Waals surface area contributed by atoms with Gasteiger partial charge < -0.3 is 4.74 Å². The fourth-order valence-electron chi connectivity index (χ4n) is 1.43. The summed E-state index contributed by atoms with van der Waals surface area (Å²) in [5.41, 5.74) is 1.46. The number of benzene rings is 1. The van der Waals surface area contributed by atoms with Gasteiger partial charge in [0.05, 0.1) is 0 Å². The van der Waals surface area contributed by atoms with Crippen LogP contribution in [0.2, 0.25) is 0 Å². The van der Waals surface area contributed by atoms with Gasteiger partial charge in [-0.25, -0.2) is 4.79 Å². The summed E-state index contributed by atoms with van der Waals surface area (Å²) in [4.78, 5) is 11.6. The summed E-state index contributed by atoms with van der Waals surface area (Å²) >= 11 is 3.45. The normalized spacial score (nSPS) is 12.9. The van der Waals surface area contributed by atoms with Crippen LogP contribution in [0.4, 0.5) is 10.5 Å². The van der Waals surface area contributed by atoms with E-state index >= 15 is 0 Å². The van der Waals surface area contributed by atoms with Crippen molar-refractivity contribution in [3.63, 3.8) is 0 Å². The summed E-state index contributed by atoms with van der Waals surface area (Å²) in [6.07, 6.45) is -0.425. The Morgan fingerprint density at radius 1 is 1.44 bits per heavy atom. The van der Waals surface area contributed by atoms with Crippen LogP contribution >= 0.6 is 15.9 Å². The lowest BCUT2D eigenvalue weighted by Crippen LogP contribution is -2.27. The molecule has 0 aromatic heterocycles. The maximum Gasteiger partial charge on any atom is 0.412 e. The minimum atomic E-state index is -0.481. The average Bonchev–Trinajstić information content (AvgIpc) is 2.25. The van der Waals surface area contributed by atoms with Gasteiger partial charge in [0.25, 0.3) is 0 Å². The summed E-state index contributed by atoms with van der Waals surface area (Å²) in [7, 11) is 0. The number of ether oxygens (including phenoxy) is 1. The third-order valence-electron chi connectivity index (χ3n) is 2.33. The minimum Gasteiger partial charge on any atom is -0.444 e. The predicted octanol–water partition coefficient (Wildman–Crippen LogP) is 4.53. The molecule has 4 heteroatoms. The topological polar surface area (TPSA) is 38.3 Å². The molecule has 0 fully saturated rings. The first-order valence-corrected chi connectivity index (χ1v) is 7.10. The second kappa shape index (κ2) is 6.23. The molecule has 18 heavy (non-hydrogen) atoms. The average molecular weight is 314 g/mol. The molecule has 1 N–H and O–H groups in total. The molecule has 0 saturated heterocycles. The van der Waals surface area contributed by atoms with Gasteiger partial charge in [-0.2, -0.15) is 0 Å². The van der Waals surface area contributed by atoms with Crippen LogP contribution in [0.15, 0.2) is 24.3 Å². The molecule has 0 spiro atoms. The molecule has 0 aliphatic rings. The molecule has 1 aromatic rings. The van der Waals surface area contributed by atoms with E-state index in [4.69, 9.17) is 4.74 Å². The molecule has 1 unspecified atom stereocenters. The van der Waals surface area contributed by atoms with Gasteiger partial charge in [0.2, 0.25) is 0 Å². The number of anilines is 1. The van der Waals surface area contributed by atoms with Crippen LogP contribution in [0, 0.1) is 0 Å². The molecule has 0 radical (unpaired) electrons. The van der Waals surface area contributed by atoms with Crippen molar-refractivity contribution in [1.82, 2.24) is 0 Å². The number of carbonyl (C=O) groups is 1. The Morgan fingerprint density at radius 2 is 2.11 bits per heavy atom. The minimum absolute atomic E-state index is 0.408. The lowest BCUT2D eigenvalue weighted by Gasteiger charge is -2.20. The molecule has 1 atom stereocenters. The Kier molecular flexibility index (Phi) is 5.20. The summed E-state index contributed by atoms with van der Waals surface area (Å²) < 4.78 is 5.21. The van der Waals surface area contributed by atoms with Gasteiger partial charge in [0, 0.05) is 11.0 Å². The van der Waals surface area contributed by atoms with Gasteiger partial charge in [-0.3, -0.25) is 5.32 Å². The summed E-state index contributed by atoms with van der Waals surface area (Å²) in [5.74, 6) is 0.408. The van der Waals surface area contributed by atoms with Crippen molar-refractivity contribution in [3.8, 4) is 0 Å². The highest BCUT2D eigenvalue weighted by Crippen LogP contribution is 2.21. The smallest absolute Gasteiger partial charge is 0.412 e. The van der Waals surface area contributed by atoms with Gasteiger partial charge in [0.15, 0.2) is 0 Å². The number of hydrogen-bond acceptors (Lipinski definition) is 2. The van der Waals surface area contributed by atoms with Crippen molar-refractivity contribution < 1.29 is 9.53 Å². The molecule has 100 valence electrons. The first-order chi connectivity index (χ1) is 8.31. The second-order valence-corrected chi connectivity index (χ2v) is 5.96. The van der Waals surface area contributed by atoms with Gasteiger partial charge in [-0.15, -0.1) is 0 Å². The number of alkyl halides is 1. The van der Waals surface area contributed by atoms with Crippen LogP contribution in [0.1, 0.15) is 39.2 Å².